The number of Topliss-reactive ketones (excluding diaryl/α,β-unsaturated/α-hetero) is 1. The third kappa shape index (κ3) is 3.05. The van der Waals surface area contributed by atoms with E-state index in [1.165, 1.54) is 22.5 Å². The van der Waals surface area contributed by atoms with Crippen molar-refractivity contribution in [3.63, 3.8) is 0 Å². The number of benzene rings is 2. The summed E-state index contributed by atoms with van der Waals surface area (Å²) in [6, 6.07) is 15.6. The summed E-state index contributed by atoms with van der Waals surface area (Å²) in [5.41, 5.74) is 2.97. The molecule has 4 aromatic rings. The smallest absolute Gasteiger partial charge is 0.302 e. The van der Waals surface area contributed by atoms with Gasteiger partial charge in [0.1, 0.15) is 17.6 Å². The molecular formula is C24H18N2O4S. The highest BCUT2D eigenvalue weighted by molar-refractivity contribution is 7.22. The van der Waals surface area contributed by atoms with Crippen LogP contribution in [0.5, 0.6) is 0 Å². The van der Waals surface area contributed by atoms with Crippen LogP contribution in [0.25, 0.3) is 16.0 Å². The summed E-state index contributed by atoms with van der Waals surface area (Å²) in [6.07, 6.45) is 1.48. The molecule has 0 saturated carbocycles. The number of aliphatic hydroxyl groups excluding tert-OH is 1. The van der Waals surface area contributed by atoms with Crippen LogP contribution in [0.1, 0.15) is 28.5 Å². The number of amides is 1. The van der Waals surface area contributed by atoms with E-state index < -0.39 is 17.7 Å². The van der Waals surface area contributed by atoms with Gasteiger partial charge < -0.3 is 9.52 Å². The third-order valence-electron chi connectivity index (χ3n) is 5.39. The number of nitrogens with zero attached hydrogens (tertiary/aromatic N) is 2. The van der Waals surface area contributed by atoms with Crippen LogP contribution >= 0.6 is 11.3 Å². The molecule has 31 heavy (non-hydrogen) atoms. The number of aliphatic hydroxyl groups is 1. The van der Waals surface area contributed by atoms with E-state index in [4.69, 9.17) is 4.42 Å². The first-order valence-electron chi connectivity index (χ1n) is 9.73. The number of carbonyl (C=O) groups is 2. The summed E-state index contributed by atoms with van der Waals surface area (Å²) in [6.45, 7) is 3.75. The molecule has 1 aliphatic heterocycles. The van der Waals surface area contributed by atoms with Crippen molar-refractivity contribution in [1.29, 1.82) is 0 Å². The summed E-state index contributed by atoms with van der Waals surface area (Å²) in [7, 11) is 0. The number of aryl methyl sites for hydroxylation is 2. The van der Waals surface area contributed by atoms with Crippen LogP contribution in [0.4, 0.5) is 5.13 Å². The minimum Gasteiger partial charge on any atom is -0.507 e. The maximum absolute atomic E-state index is 13.1. The number of rotatable bonds is 3. The number of fused-ring (bicyclic) bond motifs is 1. The van der Waals surface area contributed by atoms with Gasteiger partial charge in [-0.05, 0) is 49.7 Å². The molecule has 1 saturated heterocycles. The summed E-state index contributed by atoms with van der Waals surface area (Å²) in [5, 5.41) is 11.6. The normalized spacial score (nSPS) is 18.3. The Hall–Kier alpha value is -3.71. The number of aromatic nitrogens is 1. The zero-order chi connectivity index (χ0) is 21.7. The largest absolute Gasteiger partial charge is 0.507 e. The minimum atomic E-state index is -0.907. The molecule has 1 atom stereocenters. The molecule has 154 valence electrons. The zero-order valence-electron chi connectivity index (χ0n) is 16.8. The number of carbonyl (C=O) groups excluding carboxylic acids is 2. The number of thiazole rings is 1. The molecule has 3 heterocycles. The second kappa shape index (κ2) is 7.21. The van der Waals surface area contributed by atoms with Crippen LogP contribution in [0.15, 0.2) is 70.9 Å². The molecule has 1 fully saturated rings. The van der Waals surface area contributed by atoms with Crippen molar-refractivity contribution in [3.8, 4) is 0 Å². The number of ketones is 1. The Morgan fingerprint density at radius 1 is 1.10 bits per heavy atom. The number of furan rings is 1. The van der Waals surface area contributed by atoms with E-state index in [-0.39, 0.29) is 11.3 Å². The molecule has 0 spiro atoms. The minimum absolute atomic E-state index is 0.00657. The predicted molar refractivity (Wildman–Crippen MR) is 119 cm³/mol. The summed E-state index contributed by atoms with van der Waals surface area (Å²) >= 11 is 1.31. The second-order valence-electron chi connectivity index (χ2n) is 7.47. The number of anilines is 1. The van der Waals surface area contributed by atoms with Crippen molar-refractivity contribution < 1.29 is 19.1 Å². The molecule has 1 unspecified atom stereocenters. The fraction of sp³-hybridized carbons (Fsp3) is 0.125. The summed E-state index contributed by atoms with van der Waals surface area (Å²) < 4.78 is 6.49. The highest BCUT2D eigenvalue weighted by Gasteiger charge is 2.49. The van der Waals surface area contributed by atoms with Gasteiger partial charge in [0.15, 0.2) is 5.13 Å². The van der Waals surface area contributed by atoms with E-state index in [9.17, 15) is 14.7 Å². The predicted octanol–water partition coefficient (Wildman–Crippen LogP) is 5.13. The Bertz CT molecular complexity index is 1330. The van der Waals surface area contributed by atoms with Crippen molar-refractivity contribution in [3.05, 3.63) is 88.9 Å². The van der Waals surface area contributed by atoms with Gasteiger partial charge in [-0.3, -0.25) is 14.5 Å². The zero-order valence-corrected chi connectivity index (χ0v) is 17.6. The number of para-hydroxylation sites is 1. The van der Waals surface area contributed by atoms with Gasteiger partial charge >= 0.3 is 5.91 Å². The van der Waals surface area contributed by atoms with Crippen molar-refractivity contribution in [1.82, 2.24) is 4.98 Å². The van der Waals surface area contributed by atoms with Crippen LogP contribution in [0.3, 0.4) is 0 Å². The first-order valence-corrected chi connectivity index (χ1v) is 10.5. The average molecular weight is 430 g/mol. The molecule has 5 rings (SSSR count). The molecule has 2 aromatic heterocycles. The first-order chi connectivity index (χ1) is 15.0. The monoisotopic (exact) mass is 430 g/mol. The van der Waals surface area contributed by atoms with Crippen molar-refractivity contribution in [2.24, 2.45) is 0 Å². The van der Waals surface area contributed by atoms with Gasteiger partial charge in [0.25, 0.3) is 5.78 Å². The lowest BCUT2D eigenvalue weighted by Gasteiger charge is -2.20. The topological polar surface area (TPSA) is 83.6 Å². The Labute approximate surface area is 182 Å². The molecule has 1 amide bonds. The molecule has 0 bridgehead atoms. The van der Waals surface area contributed by atoms with Crippen LogP contribution in [0.2, 0.25) is 0 Å². The fourth-order valence-corrected chi connectivity index (χ4v) is 4.84. The standard InChI is InChI=1S/C24H18N2O4S/c1-13-9-10-14(2)15(12-13)21(27)19-20(17-7-5-11-30-17)26(23(29)22(19)28)24-25-16-6-3-4-8-18(16)31-24/h3-12,20,27H,1-2H3/b21-19+. The van der Waals surface area contributed by atoms with E-state index in [1.54, 1.807) is 18.2 Å². The highest BCUT2D eigenvalue weighted by atomic mass is 32.1. The van der Waals surface area contributed by atoms with Crippen molar-refractivity contribution in [2.75, 3.05) is 4.90 Å². The Kier molecular flexibility index (Phi) is 4.48. The third-order valence-corrected chi connectivity index (χ3v) is 6.43. The van der Waals surface area contributed by atoms with Gasteiger partial charge in [-0.15, -0.1) is 0 Å². The van der Waals surface area contributed by atoms with Crippen LogP contribution in [-0.2, 0) is 9.59 Å². The van der Waals surface area contributed by atoms with Crippen LogP contribution in [-0.4, -0.2) is 21.8 Å². The van der Waals surface area contributed by atoms with Crippen molar-refractivity contribution in [2.45, 2.75) is 19.9 Å². The maximum atomic E-state index is 13.1. The number of hydrogen-bond acceptors (Lipinski definition) is 6. The van der Waals surface area contributed by atoms with E-state index in [0.717, 1.165) is 21.3 Å². The van der Waals surface area contributed by atoms with E-state index in [1.807, 2.05) is 50.2 Å². The molecule has 1 aliphatic rings. The van der Waals surface area contributed by atoms with Gasteiger partial charge in [0.05, 0.1) is 22.1 Å². The Balaban J connectivity index is 1.74. The molecule has 0 aliphatic carbocycles. The van der Waals surface area contributed by atoms with Crippen LogP contribution in [0, 0.1) is 13.8 Å². The van der Waals surface area contributed by atoms with Crippen LogP contribution < -0.4 is 4.90 Å². The molecule has 7 heteroatoms. The van der Waals surface area contributed by atoms with Crippen molar-refractivity contribution >= 4 is 44.1 Å². The molecule has 2 aromatic carbocycles. The highest BCUT2D eigenvalue weighted by Crippen LogP contribution is 2.44. The Morgan fingerprint density at radius 2 is 1.90 bits per heavy atom. The van der Waals surface area contributed by atoms with Gasteiger partial charge in [0, 0.05) is 5.56 Å². The van der Waals surface area contributed by atoms with E-state index >= 15 is 0 Å². The van der Waals surface area contributed by atoms with Gasteiger partial charge in [0.2, 0.25) is 0 Å². The quantitative estimate of drug-likeness (QED) is 0.277. The number of hydrogen-bond donors (Lipinski definition) is 1. The summed E-state index contributed by atoms with van der Waals surface area (Å²) in [4.78, 5) is 32.2. The lowest BCUT2D eigenvalue weighted by molar-refractivity contribution is -0.132. The first kappa shape index (κ1) is 19.3. The van der Waals surface area contributed by atoms with E-state index in [0.29, 0.717) is 16.5 Å². The lowest BCUT2D eigenvalue weighted by Crippen LogP contribution is -2.29. The molecular weight excluding hydrogens is 412 g/mol. The maximum Gasteiger partial charge on any atom is 0.302 e. The fourth-order valence-electron chi connectivity index (χ4n) is 3.84. The SMILES string of the molecule is Cc1ccc(C)c(/C(O)=C2\C(=O)C(=O)N(c3nc4ccccc4s3)C2c2ccco2)c1. The molecule has 1 N–H and O–H groups in total. The summed E-state index contributed by atoms with van der Waals surface area (Å²) in [5.74, 6) is -1.35. The molecule has 6 nitrogen and oxygen atoms in total. The van der Waals surface area contributed by atoms with Gasteiger partial charge in [-0.1, -0.05) is 41.2 Å². The second-order valence-corrected chi connectivity index (χ2v) is 8.48. The van der Waals surface area contributed by atoms with Gasteiger partial charge in [-0.2, -0.15) is 0 Å². The van der Waals surface area contributed by atoms with Gasteiger partial charge in [-0.25, -0.2) is 4.98 Å². The lowest BCUT2D eigenvalue weighted by atomic mass is 9.96. The Morgan fingerprint density at radius 3 is 2.65 bits per heavy atom. The molecule has 0 radical (unpaired) electrons. The average Bonchev–Trinajstić information content (AvgIpc) is 3.48. The van der Waals surface area contributed by atoms with E-state index in [2.05, 4.69) is 4.98 Å².